The molecule has 5 nitrogen and oxygen atoms in total. The number of rotatable bonds is 5. The van der Waals surface area contributed by atoms with E-state index in [-0.39, 0.29) is 17.9 Å². The van der Waals surface area contributed by atoms with Crippen molar-refractivity contribution >= 4 is 5.91 Å². The summed E-state index contributed by atoms with van der Waals surface area (Å²) in [7, 11) is 0. The minimum absolute atomic E-state index is 0.138. The van der Waals surface area contributed by atoms with Gasteiger partial charge < -0.3 is 9.42 Å². The Morgan fingerprint density at radius 3 is 2.79 bits per heavy atom. The fraction of sp³-hybridized carbons (Fsp3) is 0.348. The topological polar surface area (TPSA) is 59.2 Å². The molecule has 1 aromatic heterocycles. The Balaban J connectivity index is 1.58. The largest absolute Gasteiger partial charge is 0.337 e. The Morgan fingerprint density at radius 2 is 2.04 bits per heavy atom. The van der Waals surface area contributed by atoms with E-state index in [1.807, 2.05) is 66.4 Å². The number of carbonyl (C=O) groups is 1. The van der Waals surface area contributed by atoms with Gasteiger partial charge in [-0.25, -0.2) is 0 Å². The minimum atomic E-state index is -0.142. The van der Waals surface area contributed by atoms with Crippen LogP contribution in [0.25, 0.3) is 11.4 Å². The van der Waals surface area contributed by atoms with Gasteiger partial charge in [0, 0.05) is 12.1 Å². The van der Waals surface area contributed by atoms with Crippen molar-refractivity contribution in [1.82, 2.24) is 15.0 Å². The molecule has 5 heteroatoms. The number of hydrogen-bond donors (Lipinski definition) is 0. The first-order valence-corrected chi connectivity index (χ1v) is 9.93. The van der Waals surface area contributed by atoms with Crippen LogP contribution in [0.5, 0.6) is 0 Å². The summed E-state index contributed by atoms with van der Waals surface area (Å²) >= 11 is 0. The van der Waals surface area contributed by atoms with Gasteiger partial charge in [-0.05, 0) is 37.8 Å². The third-order valence-electron chi connectivity index (χ3n) is 5.45. The lowest BCUT2D eigenvalue weighted by atomic mass is 9.94. The number of amides is 1. The van der Waals surface area contributed by atoms with Crippen LogP contribution in [0, 0.1) is 6.92 Å². The standard InChI is InChI=1S/C23H25N3O2/c1-3-19(17-10-5-4-6-11-17)23(27)26-14-8-13-20(26)22-24-21(25-28-22)18-12-7-9-16(2)15-18/h4-7,9-12,15,19-20H,3,8,13-14H2,1-2H3/t19-,20-/m0/s1. The third kappa shape index (κ3) is 3.57. The summed E-state index contributed by atoms with van der Waals surface area (Å²) in [4.78, 5) is 19.9. The van der Waals surface area contributed by atoms with Gasteiger partial charge in [0.25, 0.3) is 0 Å². The molecule has 0 spiro atoms. The first-order valence-electron chi connectivity index (χ1n) is 9.93. The maximum Gasteiger partial charge on any atom is 0.249 e. The van der Waals surface area contributed by atoms with Gasteiger partial charge in [-0.3, -0.25) is 4.79 Å². The summed E-state index contributed by atoms with van der Waals surface area (Å²) in [6, 6.07) is 17.9. The fourth-order valence-electron chi connectivity index (χ4n) is 4.00. The Kier molecular flexibility index (Phi) is 5.24. The number of aromatic nitrogens is 2. The van der Waals surface area contributed by atoms with Gasteiger partial charge in [0.2, 0.25) is 17.6 Å². The molecule has 28 heavy (non-hydrogen) atoms. The zero-order chi connectivity index (χ0) is 19.5. The lowest BCUT2D eigenvalue weighted by Gasteiger charge is -2.26. The molecule has 1 saturated heterocycles. The van der Waals surface area contributed by atoms with Gasteiger partial charge in [-0.15, -0.1) is 0 Å². The van der Waals surface area contributed by atoms with Crippen LogP contribution in [-0.2, 0) is 4.79 Å². The van der Waals surface area contributed by atoms with Crippen LogP contribution < -0.4 is 0 Å². The van der Waals surface area contributed by atoms with Crippen molar-refractivity contribution < 1.29 is 9.32 Å². The smallest absolute Gasteiger partial charge is 0.249 e. The van der Waals surface area contributed by atoms with Crippen molar-refractivity contribution in [2.24, 2.45) is 0 Å². The maximum atomic E-state index is 13.3. The summed E-state index contributed by atoms with van der Waals surface area (Å²) in [5, 5.41) is 4.17. The van der Waals surface area contributed by atoms with Gasteiger partial charge in [-0.2, -0.15) is 4.98 Å². The van der Waals surface area contributed by atoms with Crippen molar-refractivity contribution in [3.05, 3.63) is 71.6 Å². The van der Waals surface area contributed by atoms with Crippen molar-refractivity contribution in [3.8, 4) is 11.4 Å². The predicted molar refractivity (Wildman–Crippen MR) is 108 cm³/mol. The van der Waals surface area contributed by atoms with Crippen LogP contribution in [0.2, 0.25) is 0 Å². The minimum Gasteiger partial charge on any atom is -0.337 e. The zero-order valence-corrected chi connectivity index (χ0v) is 16.3. The zero-order valence-electron chi connectivity index (χ0n) is 16.3. The summed E-state index contributed by atoms with van der Waals surface area (Å²) < 4.78 is 5.59. The molecule has 0 aliphatic carbocycles. The van der Waals surface area contributed by atoms with Crippen molar-refractivity contribution in [3.63, 3.8) is 0 Å². The second-order valence-corrected chi connectivity index (χ2v) is 7.39. The van der Waals surface area contributed by atoms with E-state index in [0.717, 1.165) is 42.5 Å². The highest BCUT2D eigenvalue weighted by Crippen LogP contribution is 2.35. The number of aryl methyl sites for hydroxylation is 1. The molecule has 0 saturated carbocycles. The lowest BCUT2D eigenvalue weighted by Crippen LogP contribution is -2.34. The molecule has 4 rings (SSSR count). The van der Waals surface area contributed by atoms with E-state index in [0.29, 0.717) is 11.7 Å². The molecule has 0 radical (unpaired) electrons. The molecule has 2 aromatic carbocycles. The van der Waals surface area contributed by atoms with Crippen molar-refractivity contribution in [2.75, 3.05) is 6.54 Å². The molecular weight excluding hydrogens is 350 g/mol. The van der Waals surface area contributed by atoms with Crippen LogP contribution in [-0.4, -0.2) is 27.5 Å². The molecule has 1 aliphatic rings. The number of benzene rings is 2. The predicted octanol–water partition coefficient (Wildman–Crippen LogP) is 4.90. The van der Waals surface area contributed by atoms with E-state index >= 15 is 0 Å². The molecular formula is C23H25N3O2. The number of carbonyl (C=O) groups excluding carboxylic acids is 1. The maximum absolute atomic E-state index is 13.3. The Hall–Kier alpha value is -2.95. The molecule has 0 N–H and O–H groups in total. The van der Waals surface area contributed by atoms with Crippen LogP contribution in [0.15, 0.2) is 59.1 Å². The molecule has 2 heterocycles. The van der Waals surface area contributed by atoms with E-state index in [4.69, 9.17) is 4.52 Å². The van der Waals surface area contributed by atoms with Crippen LogP contribution in [0.3, 0.4) is 0 Å². The molecule has 144 valence electrons. The third-order valence-corrected chi connectivity index (χ3v) is 5.45. The van der Waals surface area contributed by atoms with E-state index in [1.54, 1.807) is 0 Å². The highest BCUT2D eigenvalue weighted by Gasteiger charge is 2.37. The lowest BCUT2D eigenvalue weighted by molar-refractivity contribution is -0.134. The SMILES string of the molecule is CC[C@H](C(=O)N1CCC[C@H]1c1nc(-c2cccc(C)c2)no1)c1ccccc1. The van der Waals surface area contributed by atoms with Gasteiger partial charge in [-0.1, -0.05) is 66.2 Å². The number of likely N-dealkylation sites (tertiary alicyclic amines) is 1. The first-order chi connectivity index (χ1) is 13.7. The second-order valence-electron chi connectivity index (χ2n) is 7.39. The normalized spacial score (nSPS) is 17.6. The molecule has 0 unspecified atom stereocenters. The molecule has 1 aliphatic heterocycles. The van der Waals surface area contributed by atoms with Gasteiger partial charge >= 0.3 is 0 Å². The molecule has 1 amide bonds. The first kappa shape index (κ1) is 18.4. The summed E-state index contributed by atoms with van der Waals surface area (Å²) in [6.45, 7) is 4.83. The van der Waals surface area contributed by atoms with Crippen molar-refractivity contribution in [2.45, 2.75) is 45.1 Å². The second kappa shape index (κ2) is 7.97. The van der Waals surface area contributed by atoms with Gasteiger partial charge in [0.1, 0.15) is 6.04 Å². The summed E-state index contributed by atoms with van der Waals surface area (Å²) in [5.74, 6) is 1.12. The van der Waals surface area contributed by atoms with E-state index < -0.39 is 0 Å². The number of hydrogen-bond acceptors (Lipinski definition) is 4. The molecule has 3 aromatic rings. The monoisotopic (exact) mass is 375 g/mol. The highest BCUT2D eigenvalue weighted by molar-refractivity contribution is 5.84. The summed E-state index contributed by atoms with van der Waals surface area (Å²) in [5.41, 5.74) is 3.14. The fourth-order valence-corrected chi connectivity index (χ4v) is 4.00. The average Bonchev–Trinajstić information content (AvgIpc) is 3.39. The molecule has 2 atom stereocenters. The Morgan fingerprint density at radius 1 is 1.21 bits per heavy atom. The van der Waals surface area contributed by atoms with E-state index in [2.05, 4.69) is 17.1 Å². The molecule has 0 bridgehead atoms. The van der Waals surface area contributed by atoms with Crippen molar-refractivity contribution in [1.29, 1.82) is 0 Å². The highest BCUT2D eigenvalue weighted by atomic mass is 16.5. The Labute approximate surface area is 165 Å². The van der Waals surface area contributed by atoms with Crippen LogP contribution in [0.1, 0.15) is 55.2 Å². The average molecular weight is 375 g/mol. The molecule has 1 fully saturated rings. The Bertz CT molecular complexity index is 951. The number of nitrogens with zero attached hydrogens (tertiary/aromatic N) is 3. The van der Waals surface area contributed by atoms with Gasteiger partial charge in [0.15, 0.2) is 0 Å². The van der Waals surface area contributed by atoms with Crippen LogP contribution in [0.4, 0.5) is 0 Å². The van der Waals surface area contributed by atoms with E-state index in [9.17, 15) is 4.79 Å². The van der Waals surface area contributed by atoms with Crippen LogP contribution >= 0.6 is 0 Å². The quantitative estimate of drug-likeness (QED) is 0.636. The van der Waals surface area contributed by atoms with Gasteiger partial charge in [0.05, 0.1) is 5.92 Å². The summed E-state index contributed by atoms with van der Waals surface area (Å²) in [6.07, 6.45) is 2.57. The van der Waals surface area contributed by atoms with E-state index in [1.165, 1.54) is 0 Å².